The van der Waals surface area contributed by atoms with Crippen molar-refractivity contribution in [3.63, 3.8) is 0 Å². The standard InChI is InChI=1S/C12H19NO2.H3N/c1-2-3-4-5-6-7-8-10-9-11(14)13-12(10)15;/h9H,2-8H2,1H3,(H,13,14,15);1H3. The molecule has 0 bridgehead atoms. The van der Waals surface area contributed by atoms with Crippen molar-refractivity contribution in [3.8, 4) is 0 Å². The molecule has 4 heteroatoms. The fourth-order valence-corrected chi connectivity index (χ4v) is 1.73. The van der Waals surface area contributed by atoms with E-state index in [0.717, 1.165) is 19.3 Å². The molecular weight excluding hydrogens is 204 g/mol. The lowest BCUT2D eigenvalue weighted by atomic mass is 10.1. The van der Waals surface area contributed by atoms with Crippen LogP contribution in [-0.2, 0) is 9.59 Å². The van der Waals surface area contributed by atoms with E-state index in [1.54, 1.807) is 0 Å². The Hall–Kier alpha value is -1.16. The van der Waals surface area contributed by atoms with E-state index in [0.29, 0.717) is 5.57 Å². The van der Waals surface area contributed by atoms with Gasteiger partial charge in [-0.3, -0.25) is 14.9 Å². The number of hydrogen-bond donors (Lipinski definition) is 2. The summed E-state index contributed by atoms with van der Waals surface area (Å²) in [6.07, 6.45) is 9.38. The van der Waals surface area contributed by atoms with Crippen LogP contribution in [0.4, 0.5) is 0 Å². The molecule has 0 spiro atoms. The monoisotopic (exact) mass is 226 g/mol. The molecule has 0 saturated heterocycles. The van der Waals surface area contributed by atoms with Crippen LogP contribution in [0.5, 0.6) is 0 Å². The summed E-state index contributed by atoms with van der Waals surface area (Å²) in [6, 6.07) is 0. The van der Waals surface area contributed by atoms with Crippen LogP contribution in [0, 0.1) is 0 Å². The summed E-state index contributed by atoms with van der Waals surface area (Å²) >= 11 is 0. The predicted molar refractivity (Wildman–Crippen MR) is 64.2 cm³/mol. The van der Waals surface area contributed by atoms with Crippen molar-refractivity contribution >= 4 is 11.8 Å². The van der Waals surface area contributed by atoms with E-state index >= 15 is 0 Å². The number of nitrogens with one attached hydrogen (secondary N) is 1. The van der Waals surface area contributed by atoms with Gasteiger partial charge in [-0.1, -0.05) is 39.0 Å². The molecular formula is C12H22N2O2. The third-order valence-electron chi connectivity index (χ3n) is 2.63. The number of carbonyl (C=O) groups is 2. The van der Waals surface area contributed by atoms with Crippen molar-refractivity contribution in [1.82, 2.24) is 11.5 Å². The van der Waals surface area contributed by atoms with E-state index in [2.05, 4.69) is 12.2 Å². The number of imide groups is 1. The fraction of sp³-hybridized carbons (Fsp3) is 0.667. The van der Waals surface area contributed by atoms with Crippen LogP contribution in [0.2, 0.25) is 0 Å². The maximum Gasteiger partial charge on any atom is 0.254 e. The molecule has 0 aliphatic carbocycles. The number of unbranched alkanes of at least 4 members (excludes halogenated alkanes) is 5. The van der Waals surface area contributed by atoms with Crippen molar-refractivity contribution in [2.24, 2.45) is 0 Å². The number of hydrogen-bond acceptors (Lipinski definition) is 3. The SMILES string of the molecule is CCCCCCCCC1=CC(=O)NC1=O.N. The molecule has 92 valence electrons. The smallest absolute Gasteiger partial charge is 0.254 e. The van der Waals surface area contributed by atoms with Gasteiger partial charge in [0.1, 0.15) is 0 Å². The lowest BCUT2D eigenvalue weighted by Crippen LogP contribution is -2.22. The molecule has 1 aliphatic heterocycles. The molecule has 1 aliphatic rings. The number of carbonyl (C=O) groups excluding carboxylic acids is 2. The number of amides is 2. The molecule has 0 fully saturated rings. The highest BCUT2D eigenvalue weighted by Gasteiger charge is 2.19. The molecule has 0 aromatic carbocycles. The van der Waals surface area contributed by atoms with Gasteiger partial charge < -0.3 is 6.15 Å². The first-order chi connectivity index (χ1) is 7.24. The second-order valence-corrected chi connectivity index (χ2v) is 4.01. The van der Waals surface area contributed by atoms with Crippen LogP contribution in [0.15, 0.2) is 11.6 Å². The Morgan fingerprint density at radius 1 is 1.06 bits per heavy atom. The van der Waals surface area contributed by atoms with Gasteiger partial charge in [0, 0.05) is 11.6 Å². The highest BCUT2D eigenvalue weighted by Crippen LogP contribution is 2.14. The predicted octanol–water partition coefficient (Wildman–Crippen LogP) is 2.48. The minimum atomic E-state index is -0.263. The van der Waals surface area contributed by atoms with Crippen LogP contribution in [0.1, 0.15) is 51.9 Å². The van der Waals surface area contributed by atoms with Crippen molar-refractivity contribution < 1.29 is 9.59 Å². The highest BCUT2D eigenvalue weighted by molar-refractivity contribution is 6.16. The minimum absolute atomic E-state index is 0. The van der Waals surface area contributed by atoms with Gasteiger partial charge in [0.15, 0.2) is 0 Å². The average Bonchev–Trinajstić information content (AvgIpc) is 2.51. The molecule has 0 saturated carbocycles. The van der Waals surface area contributed by atoms with E-state index in [1.807, 2.05) is 0 Å². The maximum absolute atomic E-state index is 11.2. The normalized spacial score (nSPS) is 14.4. The first kappa shape index (κ1) is 14.8. The second kappa shape index (κ2) is 8.05. The second-order valence-electron chi connectivity index (χ2n) is 4.01. The van der Waals surface area contributed by atoms with Crippen molar-refractivity contribution in [3.05, 3.63) is 11.6 Å². The molecule has 1 heterocycles. The van der Waals surface area contributed by atoms with Gasteiger partial charge in [-0.2, -0.15) is 0 Å². The van der Waals surface area contributed by atoms with Gasteiger partial charge in [-0.15, -0.1) is 0 Å². The molecule has 0 aromatic heterocycles. The lowest BCUT2D eigenvalue weighted by Gasteiger charge is -2.00. The summed E-state index contributed by atoms with van der Waals surface area (Å²) < 4.78 is 0. The summed E-state index contributed by atoms with van der Waals surface area (Å²) in [6.45, 7) is 2.19. The van der Waals surface area contributed by atoms with Crippen LogP contribution in [0.25, 0.3) is 0 Å². The first-order valence-electron chi connectivity index (χ1n) is 5.80. The molecule has 0 radical (unpaired) electrons. The molecule has 0 unspecified atom stereocenters. The summed E-state index contributed by atoms with van der Waals surface area (Å²) in [5, 5.41) is 2.26. The van der Waals surface area contributed by atoms with Crippen LogP contribution >= 0.6 is 0 Å². The Morgan fingerprint density at radius 2 is 1.69 bits per heavy atom. The fourth-order valence-electron chi connectivity index (χ4n) is 1.73. The molecule has 0 aromatic rings. The van der Waals surface area contributed by atoms with Gasteiger partial charge in [0.2, 0.25) is 0 Å². The molecule has 4 nitrogen and oxygen atoms in total. The van der Waals surface area contributed by atoms with E-state index in [-0.39, 0.29) is 18.0 Å². The maximum atomic E-state index is 11.2. The molecule has 1 rings (SSSR count). The third kappa shape index (κ3) is 5.07. The summed E-state index contributed by atoms with van der Waals surface area (Å²) in [4.78, 5) is 22.0. The molecule has 0 atom stereocenters. The van der Waals surface area contributed by atoms with Crippen LogP contribution < -0.4 is 11.5 Å². The van der Waals surface area contributed by atoms with Gasteiger partial charge in [0.05, 0.1) is 0 Å². The molecule has 4 N–H and O–H groups in total. The molecule has 16 heavy (non-hydrogen) atoms. The van der Waals surface area contributed by atoms with Crippen molar-refractivity contribution in [2.75, 3.05) is 0 Å². The topological polar surface area (TPSA) is 81.2 Å². The largest absolute Gasteiger partial charge is 0.344 e. The van der Waals surface area contributed by atoms with Gasteiger partial charge in [-0.05, 0) is 12.8 Å². The quantitative estimate of drug-likeness (QED) is 0.517. The zero-order chi connectivity index (χ0) is 11.1. The summed E-state index contributed by atoms with van der Waals surface area (Å²) in [5.74, 6) is -0.463. The summed E-state index contributed by atoms with van der Waals surface area (Å²) in [7, 11) is 0. The summed E-state index contributed by atoms with van der Waals surface area (Å²) in [5.41, 5.74) is 0.649. The lowest BCUT2D eigenvalue weighted by molar-refractivity contribution is -0.123. The Bertz CT molecular complexity index is 272. The van der Waals surface area contributed by atoms with Crippen LogP contribution in [-0.4, -0.2) is 11.8 Å². The minimum Gasteiger partial charge on any atom is -0.344 e. The first-order valence-corrected chi connectivity index (χ1v) is 5.80. The van der Waals surface area contributed by atoms with Crippen molar-refractivity contribution in [2.45, 2.75) is 51.9 Å². The van der Waals surface area contributed by atoms with Crippen LogP contribution in [0.3, 0.4) is 0 Å². The van der Waals surface area contributed by atoms with E-state index in [4.69, 9.17) is 0 Å². The van der Waals surface area contributed by atoms with Gasteiger partial charge in [0.25, 0.3) is 11.8 Å². The van der Waals surface area contributed by atoms with E-state index in [9.17, 15) is 9.59 Å². The Labute approximate surface area is 97.1 Å². The average molecular weight is 226 g/mol. The zero-order valence-corrected chi connectivity index (χ0v) is 10.1. The Kier molecular flexibility index (Phi) is 7.46. The van der Waals surface area contributed by atoms with E-state index < -0.39 is 0 Å². The third-order valence-corrected chi connectivity index (χ3v) is 2.63. The number of rotatable bonds is 7. The highest BCUT2D eigenvalue weighted by atomic mass is 16.2. The van der Waals surface area contributed by atoms with E-state index in [1.165, 1.54) is 31.8 Å². The Balaban J connectivity index is 0.00000225. The zero-order valence-electron chi connectivity index (χ0n) is 10.1. The Morgan fingerprint density at radius 3 is 2.25 bits per heavy atom. The van der Waals surface area contributed by atoms with Crippen molar-refractivity contribution in [1.29, 1.82) is 0 Å². The van der Waals surface area contributed by atoms with Gasteiger partial charge >= 0.3 is 0 Å². The molecule has 2 amide bonds. The van der Waals surface area contributed by atoms with Gasteiger partial charge in [-0.25, -0.2) is 0 Å².